The summed E-state index contributed by atoms with van der Waals surface area (Å²) in [5.74, 6) is 2.42. The van der Waals surface area contributed by atoms with Crippen molar-refractivity contribution < 1.29 is 147 Å². The average molecular weight is 1770 g/mol. The van der Waals surface area contributed by atoms with Gasteiger partial charge in [-0.3, -0.25) is 14.7 Å². The Hall–Kier alpha value is -6.54. The van der Waals surface area contributed by atoms with Gasteiger partial charge >= 0.3 is 61.1 Å². The molecule has 106 heavy (non-hydrogen) atoms. The number of aromatic amines is 1. The van der Waals surface area contributed by atoms with Crippen molar-refractivity contribution in [2.24, 2.45) is 0 Å². The molecule has 3 aromatic heterocycles. The van der Waals surface area contributed by atoms with Gasteiger partial charge in [-0.2, -0.15) is 81.2 Å². The number of ether oxygens (including phenoxy) is 2. The van der Waals surface area contributed by atoms with E-state index in [9.17, 15) is 86.0 Å². The summed E-state index contributed by atoms with van der Waals surface area (Å²) in [6.45, 7) is 24.2. The van der Waals surface area contributed by atoms with Crippen molar-refractivity contribution in [2.75, 3.05) is 13.2 Å². The number of aromatic nitrogens is 6. The number of rotatable bonds is 17. The van der Waals surface area contributed by atoms with Gasteiger partial charge in [-0.1, -0.05) is 150 Å². The van der Waals surface area contributed by atoms with Crippen molar-refractivity contribution >= 4 is 95.7 Å². The molecule has 4 heterocycles. The number of nitrogens with zero attached hydrogens (tertiary/aromatic N) is 5. The summed E-state index contributed by atoms with van der Waals surface area (Å²) in [5, 5.41) is 43.7. The number of hydrogen-bond acceptors (Lipinski definition) is 12. The number of benzene rings is 4. The second-order valence-corrected chi connectivity index (χ2v) is 38.7. The van der Waals surface area contributed by atoms with Crippen molar-refractivity contribution in [2.45, 2.75) is 151 Å². The number of alkyl halides is 15. The first-order valence-corrected chi connectivity index (χ1v) is 39.2. The van der Waals surface area contributed by atoms with E-state index in [1.54, 1.807) is 40.0 Å². The van der Waals surface area contributed by atoms with Crippen LogP contribution in [0.3, 0.4) is 0 Å². The summed E-state index contributed by atoms with van der Waals surface area (Å²) in [6.07, 6.45) is 8.16. The first-order valence-electron chi connectivity index (χ1n) is 30.2. The summed E-state index contributed by atoms with van der Waals surface area (Å²) in [7, 11) is -2.57. The first-order chi connectivity index (χ1) is 47.6. The molecule has 1 fully saturated rings. The Morgan fingerprint density at radius 2 is 0.972 bits per heavy atom. The second kappa shape index (κ2) is 41.3. The molecule has 0 radical (unpaired) electrons. The van der Waals surface area contributed by atoms with Gasteiger partial charge in [0, 0.05) is 122 Å². The third kappa shape index (κ3) is 30.5. The average Bonchev–Trinajstić information content (AvgIpc) is 1.51. The van der Waals surface area contributed by atoms with Crippen molar-refractivity contribution in [3.05, 3.63) is 172 Å². The smallest absolute Gasteiger partial charge is 1.00 e. The van der Waals surface area contributed by atoms with Crippen molar-refractivity contribution in [1.82, 2.24) is 29.8 Å². The van der Waals surface area contributed by atoms with Crippen LogP contribution >= 0.6 is 31.9 Å². The molecule has 600 valence electrons. The molecule has 7 aromatic rings. The van der Waals surface area contributed by atoms with Crippen LogP contribution in [0.25, 0.3) is 22.3 Å². The third-order valence-corrected chi connectivity index (χ3v) is 18.9. The Labute approximate surface area is 670 Å². The molecule has 1 aliphatic rings. The zero-order chi connectivity index (χ0) is 79.9. The first kappa shape index (κ1) is 99.5. The van der Waals surface area contributed by atoms with E-state index < -0.39 is 87.0 Å². The topological polar surface area (TPSA) is 196 Å². The van der Waals surface area contributed by atoms with E-state index in [2.05, 4.69) is 126 Å². The Kier molecular flexibility index (Phi) is 38.8. The maximum Gasteiger partial charge on any atom is 2.00 e. The molecular weight excluding hydrogens is 1670 g/mol. The minimum atomic E-state index is -4.98. The predicted octanol–water partition coefficient (Wildman–Crippen LogP) is 16.2. The van der Waals surface area contributed by atoms with Crippen LogP contribution in [0.1, 0.15) is 74.7 Å². The van der Waals surface area contributed by atoms with Crippen LogP contribution in [0.15, 0.2) is 143 Å². The predicted molar refractivity (Wildman–Crippen MR) is 409 cm³/mol. The Bertz CT molecular complexity index is 4100. The van der Waals surface area contributed by atoms with Crippen LogP contribution in [0.2, 0.25) is 51.4 Å². The summed E-state index contributed by atoms with van der Waals surface area (Å²) < 4.78 is 210. The van der Waals surface area contributed by atoms with Crippen molar-refractivity contribution in [3.63, 3.8) is 0 Å². The van der Waals surface area contributed by atoms with Crippen LogP contribution < -0.4 is 22.4 Å². The minimum absolute atomic E-state index is 0. The van der Waals surface area contributed by atoms with Crippen LogP contribution in [0.4, 0.5) is 65.9 Å². The van der Waals surface area contributed by atoms with Crippen LogP contribution in [-0.4, -0.2) is 159 Å². The van der Waals surface area contributed by atoms with Gasteiger partial charge in [0.1, 0.15) is 13.5 Å². The number of halogens is 18. The Balaban J connectivity index is -0.0000000848. The van der Waals surface area contributed by atoms with E-state index in [1.165, 1.54) is 84.9 Å². The van der Waals surface area contributed by atoms with Gasteiger partial charge in [-0.05, 0) is 87.3 Å². The second-order valence-electron chi connectivity index (χ2n) is 25.6. The number of nitrogens with one attached hydrogen (secondary N) is 1. The fourth-order valence-corrected chi connectivity index (χ4v) is 10.3. The number of aldehydes is 1. The van der Waals surface area contributed by atoms with E-state index in [1.807, 2.05) is 6.20 Å². The molecule has 3 unspecified atom stereocenters. The van der Waals surface area contributed by atoms with Gasteiger partial charge in [-0.15, -0.1) is 19.3 Å². The molecule has 4 N–H and O–H groups in total. The molecule has 0 bridgehead atoms. The number of carbonyl (C=O) groups is 2. The van der Waals surface area contributed by atoms with Crippen LogP contribution in [0.5, 0.6) is 0 Å². The molecule has 0 spiro atoms. The van der Waals surface area contributed by atoms with Crippen molar-refractivity contribution in [3.8, 4) is 65.7 Å². The van der Waals surface area contributed by atoms with E-state index in [-0.39, 0.29) is 96.2 Å². The number of aliphatic hydroxyl groups is 3. The Morgan fingerprint density at radius 1 is 0.604 bits per heavy atom. The summed E-state index contributed by atoms with van der Waals surface area (Å²) in [6, 6.07) is 23.3. The minimum Gasteiger partial charge on any atom is -1.00 e. The molecule has 15 nitrogen and oxygen atoms in total. The molecule has 8 rings (SSSR count). The fourth-order valence-electron chi connectivity index (χ4n) is 7.96. The number of ketones is 1. The van der Waals surface area contributed by atoms with Crippen molar-refractivity contribution in [1.29, 1.82) is 0 Å². The SMILES string of the molecule is C#CC(O)(c1cccc(-c2cn[nH]c2)c1)C(F)(F)F.C#CC(O)(c1cccc(-c2cnn(COCC[Si](C)(C)C)c2)c1)C(F)(F)F.C#CC(O)(c1cccc(Br)c1)C(F)(F)F.CC1(C)OB(c2cnn(COCC[Si](C)(C)C)c2)OC1(C)C.O=C(c1cccc(Br)c1)C(F)(F)F.O=CC(F)(F)F.[Br-].[C-]#C.[HH].[HH].[HH].[HH].[HH].[HH].[HH].[HH].[HH].[HH].[HH].[HH].[HH].[HH].[Mg+2]. The number of H-pyrrole nitrogens is 1. The normalized spacial score (nSPS) is 14.9. The molecule has 1 saturated heterocycles. The molecule has 0 amide bonds. The monoisotopic (exact) mass is 1770 g/mol. The zero-order valence-corrected chi connectivity index (χ0v) is 66.6. The third-order valence-electron chi connectivity index (χ3n) is 14.6. The molecular formula is C69H101BBr3F15MgN6O9Si2. The van der Waals surface area contributed by atoms with Gasteiger partial charge in [0.15, 0.2) is 0 Å². The van der Waals surface area contributed by atoms with Gasteiger partial charge in [0.25, 0.3) is 5.78 Å². The van der Waals surface area contributed by atoms with Crippen LogP contribution in [-0.2, 0) is 53.8 Å². The van der Waals surface area contributed by atoms with Crippen LogP contribution in [0, 0.1) is 49.9 Å². The summed E-state index contributed by atoms with van der Waals surface area (Å²) >= 11 is 5.98. The van der Waals surface area contributed by atoms with Gasteiger partial charge < -0.3 is 63.9 Å². The molecule has 0 aliphatic carbocycles. The van der Waals surface area contributed by atoms with E-state index in [4.69, 9.17) is 49.3 Å². The maximum absolute atomic E-state index is 13.2. The van der Waals surface area contributed by atoms with E-state index in [0.29, 0.717) is 44.5 Å². The standard InChI is InChI=1S/C19H23F3N2O2Si.C15H29BN2O3Si.C13H9F3N2O.C10H6BrF3O.C8H4BrF3O.C2HF3O.C2H.BrH.Mg.14H2/c1-5-18(25,19(20,21)22)17-8-6-7-15(11-17)16-12-23-24(13-16)14-26-9-10-27(2,3)4;1-14(2)15(3,4)21-16(20-14)13-10-17-18(11-13)12-19-8-9-22(5,6)7;1-2-12(19,13(14,15)16)11-5-3-4-9(6-11)10-7-17-18-8-10;1-2-9(15,10(12,13)14)7-4-3-5-8(11)6-7;9-6-3-1-2-5(4-6)7(13)8(10,11)12;3-2(4,5)1-6;1-2;;;;;;;;;;;;;;;;/h1,6-8,11-13,25H,9-10,14H2,2-4H3;10-11H,8-9,12H2,1-7H3;1,3-8,19H,(H,17,18);1,3-6,15H;1-4H;1H;1H;1H;;14*1H/q;;;;;;-1;;+2;;;;;;;;;;;;;;/p-1. The molecule has 0 saturated carbocycles. The van der Waals surface area contributed by atoms with Gasteiger partial charge in [0.05, 0.1) is 23.6 Å². The Morgan fingerprint density at radius 3 is 1.32 bits per heavy atom. The van der Waals surface area contributed by atoms with Gasteiger partial charge in [0.2, 0.25) is 23.1 Å². The molecule has 3 atom stereocenters. The number of Topliss-reactive ketones (excluding diaryl/α,β-unsaturated/α-hetero) is 1. The molecule has 37 heteroatoms. The van der Waals surface area contributed by atoms with E-state index >= 15 is 0 Å². The van der Waals surface area contributed by atoms with Gasteiger partial charge in [-0.25, -0.2) is 9.36 Å². The quantitative estimate of drug-likeness (QED) is 0.0128. The van der Waals surface area contributed by atoms with E-state index in [0.717, 1.165) is 54.5 Å². The summed E-state index contributed by atoms with van der Waals surface area (Å²) in [4.78, 5) is 19.4. The molecule has 1 aliphatic heterocycles. The zero-order valence-electron chi connectivity index (χ0n) is 58.4. The molecule has 4 aromatic carbocycles. The largest absolute Gasteiger partial charge is 2.00 e. The fraction of sp³-hybridized carbons (Fsp3) is 0.377. The summed E-state index contributed by atoms with van der Waals surface area (Å²) in [5.41, 5.74) is -8.99. The number of hydrogen-bond donors (Lipinski definition) is 4. The maximum atomic E-state index is 13.2. The number of carbonyl (C=O) groups excluding carboxylic acids is 2. The number of terminal acetylenes is 4.